The number of benzene rings is 2. The van der Waals surface area contributed by atoms with Gasteiger partial charge in [0.1, 0.15) is 11.5 Å². The minimum absolute atomic E-state index is 0. The normalized spacial score (nSPS) is 12.9. The average molecular weight is 898 g/mol. The second-order valence-corrected chi connectivity index (χ2v) is 20.6. The third kappa shape index (κ3) is 19.0. The van der Waals surface area contributed by atoms with Crippen molar-refractivity contribution in [3.05, 3.63) is 57.6 Å². The number of hydrogen-bond acceptors (Lipinski definition) is 6. The predicted molar refractivity (Wildman–Crippen MR) is 255 cm³/mol. The Labute approximate surface area is 382 Å². The minimum Gasteiger partial charge on any atom is -0.507 e. The Bertz CT molecular complexity index is 1710. The molecule has 0 aliphatic rings. The number of nitrogens with zero attached hydrogens (tertiary/aromatic N) is 3. The van der Waals surface area contributed by atoms with Crippen LogP contribution in [0, 0.1) is 0 Å². The van der Waals surface area contributed by atoms with Crippen LogP contribution < -0.4 is 0 Å². The van der Waals surface area contributed by atoms with Gasteiger partial charge < -0.3 is 24.9 Å². The minimum atomic E-state index is -1.82. The molecule has 0 spiro atoms. The molecular weight excluding hydrogens is 810 g/mol. The van der Waals surface area contributed by atoms with Gasteiger partial charge in [-0.05, 0) is 83.4 Å². The molecule has 2 rings (SSSR count). The van der Waals surface area contributed by atoms with E-state index in [0.29, 0.717) is 24.6 Å². The van der Waals surface area contributed by atoms with Crippen molar-refractivity contribution in [3.8, 4) is 11.5 Å². The fourth-order valence-electron chi connectivity index (χ4n) is 7.71. The molecule has 10 heteroatoms. The molecule has 0 saturated heterocycles. The van der Waals surface area contributed by atoms with Crippen LogP contribution in [0.15, 0.2) is 34.3 Å². The summed E-state index contributed by atoms with van der Waals surface area (Å²) >= 11 is 0. The van der Waals surface area contributed by atoms with Crippen LogP contribution in [0.4, 0.5) is 0 Å². The van der Waals surface area contributed by atoms with Crippen molar-refractivity contribution in [3.63, 3.8) is 0 Å². The van der Waals surface area contributed by atoms with Crippen LogP contribution in [0.3, 0.4) is 0 Å². The van der Waals surface area contributed by atoms with Crippen LogP contribution in [0.2, 0.25) is 0 Å². The summed E-state index contributed by atoms with van der Waals surface area (Å²) in [6.07, 6.45) is 8.28. The Balaban J connectivity index is 0. The quantitative estimate of drug-likeness (QED) is 0.0508. The zero-order valence-electron chi connectivity index (χ0n) is 40.5. The number of aliphatic carboxylic acids is 2. The average Bonchev–Trinajstić information content (AvgIpc) is 3.09. The predicted octanol–water partition coefficient (Wildman–Crippen LogP) is 12.4. The van der Waals surface area contributed by atoms with Crippen molar-refractivity contribution < 1.29 is 51.3 Å². The van der Waals surface area contributed by atoms with Crippen LogP contribution in [-0.4, -0.2) is 87.5 Å². The van der Waals surface area contributed by atoms with Gasteiger partial charge in [0, 0.05) is 56.9 Å². The molecule has 0 aromatic heterocycles. The first-order chi connectivity index (χ1) is 27.1. The standard InChI is InChI=1S/C48H81N3O2.C2H2O4.CH4.Co/c1-17-21-23-41(37-31-35(45(5,6)7)33-39(43(37)52)47(11,12)13)49-25-26-50-42(24-22-30-51(27-18-2,28-19-3)29-20-4)38-32-36(46(8,9)10)34-40(44(38)53)48(14,15)16;3-1(4)2(5)6;;/h31-34H,17-30H2,1-16H3,(H-,49,50,52,53);(H,3,4)(H,5,6);1H4;/p+1. The van der Waals surface area contributed by atoms with Crippen molar-refractivity contribution in [2.24, 2.45) is 9.98 Å². The number of quaternary nitrogens is 1. The third-order valence-corrected chi connectivity index (χ3v) is 11.0. The molecule has 61 heavy (non-hydrogen) atoms. The van der Waals surface area contributed by atoms with Crippen LogP contribution in [-0.2, 0) is 48.0 Å². The van der Waals surface area contributed by atoms with Crippen LogP contribution >= 0.6 is 0 Å². The fraction of sp³-hybridized carbons (Fsp3) is 0.686. The van der Waals surface area contributed by atoms with E-state index in [0.717, 1.165) is 76.8 Å². The molecule has 0 aliphatic heterocycles. The maximum Gasteiger partial charge on any atom is 0.414 e. The molecule has 0 atom stereocenters. The fourth-order valence-corrected chi connectivity index (χ4v) is 7.71. The van der Waals surface area contributed by atoms with E-state index in [-0.39, 0.29) is 45.9 Å². The summed E-state index contributed by atoms with van der Waals surface area (Å²) < 4.78 is 1.16. The SMILES string of the molecule is C.CCCCC(=NCCN=C(CCC[N+](CCC)(CCC)CCC)c1cc(C(C)(C)C)cc(C(C)(C)C)c1O)c1cc(C(C)(C)C)cc(C(C)(C)C)c1O.O=C(O)C(=O)O.[Co]. The summed E-state index contributed by atoms with van der Waals surface area (Å²) in [5.41, 5.74) is 7.52. The number of carboxylic acids is 2. The topological polar surface area (TPSA) is 140 Å². The van der Waals surface area contributed by atoms with Crippen molar-refractivity contribution in [2.75, 3.05) is 39.3 Å². The number of phenolic OH excluding ortho intramolecular Hbond substituents is 2. The van der Waals surface area contributed by atoms with Gasteiger partial charge in [0.2, 0.25) is 0 Å². The number of aliphatic imine (C=N–C) groups is 2. The van der Waals surface area contributed by atoms with Crippen molar-refractivity contribution in [1.82, 2.24) is 0 Å². The van der Waals surface area contributed by atoms with Gasteiger partial charge in [-0.15, -0.1) is 0 Å². The summed E-state index contributed by atoms with van der Waals surface area (Å²) in [6, 6.07) is 8.77. The van der Waals surface area contributed by atoms with Gasteiger partial charge in [0.05, 0.1) is 39.3 Å². The molecule has 0 saturated carbocycles. The molecule has 4 N–H and O–H groups in total. The van der Waals surface area contributed by atoms with Gasteiger partial charge in [-0.25, -0.2) is 9.59 Å². The molecule has 2 aromatic rings. The number of carbonyl (C=O) groups is 2. The third-order valence-electron chi connectivity index (χ3n) is 11.0. The summed E-state index contributed by atoms with van der Waals surface area (Å²) in [7, 11) is 0. The van der Waals surface area contributed by atoms with Crippen molar-refractivity contribution >= 4 is 23.4 Å². The van der Waals surface area contributed by atoms with Crippen LogP contribution in [0.1, 0.15) is 203 Å². The first-order valence-electron chi connectivity index (χ1n) is 22.2. The summed E-state index contributed by atoms with van der Waals surface area (Å²) in [6.45, 7) is 41.5. The summed E-state index contributed by atoms with van der Waals surface area (Å²) in [5, 5.41) is 38.5. The maximum atomic E-state index is 12.0. The number of aromatic hydroxyl groups is 2. The Hall–Kier alpha value is -3.21. The number of unbranched alkanes of at least 4 members (excludes halogenated alkanes) is 1. The van der Waals surface area contributed by atoms with E-state index in [9.17, 15) is 10.2 Å². The van der Waals surface area contributed by atoms with E-state index < -0.39 is 11.9 Å². The number of rotatable bonds is 18. The van der Waals surface area contributed by atoms with E-state index in [1.54, 1.807) is 0 Å². The Morgan fingerprint density at radius 2 is 0.852 bits per heavy atom. The number of phenols is 2. The molecule has 0 fully saturated rings. The van der Waals surface area contributed by atoms with Gasteiger partial charge in [-0.2, -0.15) is 0 Å². The molecule has 0 aliphatic carbocycles. The first kappa shape index (κ1) is 59.9. The van der Waals surface area contributed by atoms with Gasteiger partial charge in [0.25, 0.3) is 0 Å². The molecule has 351 valence electrons. The Morgan fingerprint density at radius 1 is 0.525 bits per heavy atom. The number of hydrogen-bond donors (Lipinski definition) is 4. The Morgan fingerprint density at radius 3 is 1.11 bits per heavy atom. The van der Waals surface area contributed by atoms with Gasteiger partial charge in [0.15, 0.2) is 0 Å². The summed E-state index contributed by atoms with van der Waals surface area (Å²) in [4.78, 5) is 28.7. The molecule has 0 amide bonds. The monoisotopic (exact) mass is 898 g/mol. The van der Waals surface area contributed by atoms with E-state index in [1.165, 1.54) is 50.0 Å². The first-order valence-corrected chi connectivity index (χ1v) is 22.2. The van der Waals surface area contributed by atoms with E-state index in [4.69, 9.17) is 29.8 Å². The molecule has 0 unspecified atom stereocenters. The van der Waals surface area contributed by atoms with Gasteiger partial charge in [-0.1, -0.05) is 137 Å². The second-order valence-electron chi connectivity index (χ2n) is 20.6. The smallest absolute Gasteiger partial charge is 0.414 e. The van der Waals surface area contributed by atoms with Crippen LogP contribution in [0.25, 0.3) is 0 Å². The van der Waals surface area contributed by atoms with Crippen LogP contribution in [0.5, 0.6) is 11.5 Å². The van der Waals surface area contributed by atoms with E-state index in [2.05, 4.69) is 135 Å². The molecule has 2 aromatic carbocycles. The van der Waals surface area contributed by atoms with E-state index in [1.807, 2.05) is 0 Å². The van der Waals surface area contributed by atoms with E-state index >= 15 is 0 Å². The number of carboxylic acid groups (broad SMARTS) is 2. The molecule has 1 radical (unpaired) electrons. The molecule has 0 bridgehead atoms. The molecular formula is C51H88CoN3O6+. The molecule has 0 heterocycles. The summed E-state index contributed by atoms with van der Waals surface area (Å²) in [5.74, 6) is -2.92. The second kappa shape index (κ2) is 25.8. The van der Waals surface area contributed by atoms with Crippen molar-refractivity contribution in [1.29, 1.82) is 0 Å². The molecule has 9 nitrogen and oxygen atoms in total. The maximum absolute atomic E-state index is 12.0. The Kier molecular flexibility index (Phi) is 25.3. The van der Waals surface area contributed by atoms with Gasteiger partial charge >= 0.3 is 11.9 Å². The zero-order chi connectivity index (χ0) is 45.6. The largest absolute Gasteiger partial charge is 0.507 e. The van der Waals surface area contributed by atoms with Crippen molar-refractivity contribution in [2.45, 2.75) is 191 Å². The van der Waals surface area contributed by atoms with Gasteiger partial charge in [-0.3, -0.25) is 9.98 Å². The zero-order valence-corrected chi connectivity index (χ0v) is 41.5.